The number of alkyl halides is 3. The van der Waals surface area contributed by atoms with E-state index < -0.39 is 35.6 Å². The number of hydrogen-bond donors (Lipinski definition) is 1. The van der Waals surface area contributed by atoms with Gasteiger partial charge in [-0.15, -0.1) is 0 Å². The van der Waals surface area contributed by atoms with Crippen LogP contribution < -0.4 is 15.6 Å². The fraction of sp³-hybridized carbons (Fsp3) is 0.150. The largest absolute Gasteiger partial charge is 0.495 e. The zero-order chi connectivity index (χ0) is 21.9. The minimum Gasteiger partial charge on any atom is -0.495 e. The first-order valence-corrected chi connectivity index (χ1v) is 8.55. The van der Waals surface area contributed by atoms with Crippen LogP contribution in [0.4, 0.5) is 23.2 Å². The van der Waals surface area contributed by atoms with Crippen molar-refractivity contribution in [3.8, 4) is 17.0 Å². The van der Waals surface area contributed by atoms with Crippen molar-refractivity contribution in [3.05, 3.63) is 76.6 Å². The van der Waals surface area contributed by atoms with Gasteiger partial charge in [-0.2, -0.15) is 13.2 Å². The Morgan fingerprint density at radius 3 is 2.53 bits per heavy atom. The highest BCUT2D eigenvalue weighted by Gasteiger charge is 2.31. The summed E-state index contributed by atoms with van der Waals surface area (Å²) in [5.74, 6) is -1.30. The van der Waals surface area contributed by atoms with Gasteiger partial charge >= 0.3 is 6.18 Å². The Morgan fingerprint density at radius 1 is 1.17 bits per heavy atom. The van der Waals surface area contributed by atoms with Crippen molar-refractivity contribution >= 4 is 11.6 Å². The third kappa shape index (κ3) is 4.65. The highest BCUT2D eigenvalue weighted by molar-refractivity contribution is 5.92. The van der Waals surface area contributed by atoms with E-state index in [1.54, 1.807) is 6.07 Å². The maximum atomic E-state index is 13.8. The van der Waals surface area contributed by atoms with Crippen LogP contribution in [-0.2, 0) is 17.5 Å². The van der Waals surface area contributed by atoms with Crippen LogP contribution in [-0.4, -0.2) is 22.6 Å². The van der Waals surface area contributed by atoms with Crippen LogP contribution >= 0.6 is 0 Å². The Bertz CT molecular complexity index is 1140. The Balaban J connectivity index is 1.80. The molecule has 10 heteroatoms. The molecule has 0 fully saturated rings. The number of hydrogen-bond acceptors (Lipinski definition) is 4. The molecule has 3 rings (SSSR count). The van der Waals surface area contributed by atoms with Gasteiger partial charge in [-0.05, 0) is 30.3 Å². The molecule has 0 unspecified atom stereocenters. The predicted molar refractivity (Wildman–Crippen MR) is 101 cm³/mol. The van der Waals surface area contributed by atoms with E-state index in [0.717, 1.165) is 35.2 Å². The zero-order valence-electron chi connectivity index (χ0n) is 15.5. The SMILES string of the molecule is COc1ccc(C(F)(F)F)cc1NC(=O)Cn1cnc(-c2ccccc2F)cc1=O. The van der Waals surface area contributed by atoms with Crippen molar-refractivity contribution in [1.82, 2.24) is 9.55 Å². The first kappa shape index (κ1) is 21.0. The smallest absolute Gasteiger partial charge is 0.416 e. The molecule has 3 aromatic rings. The molecule has 156 valence electrons. The number of nitrogens with one attached hydrogen (secondary N) is 1. The Labute approximate surface area is 167 Å². The quantitative estimate of drug-likeness (QED) is 0.638. The summed E-state index contributed by atoms with van der Waals surface area (Å²) in [5, 5.41) is 2.29. The van der Waals surface area contributed by atoms with Crippen LogP contribution in [0.25, 0.3) is 11.3 Å². The maximum absolute atomic E-state index is 13.8. The van der Waals surface area contributed by atoms with Crippen LogP contribution in [0.5, 0.6) is 5.75 Å². The molecule has 1 aromatic heterocycles. The molecule has 0 aliphatic heterocycles. The van der Waals surface area contributed by atoms with E-state index >= 15 is 0 Å². The molecule has 30 heavy (non-hydrogen) atoms. The summed E-state index contributed by atoms with van der Waals surface area (Å²) in [6, 6.07) is 9.45. The van der Waals surface area contributed by atoms with Gasteiger partial charge in [-0.25, -0.2) is 9.37 Å². The second-order valence-corrected chi connectivity index (χ2v) is 6.18. The molecule has 0 atom stereocenters. The number of rotatable bonds is 5. The van der Waals surface area contributed by atoms with Gasteiger partial charge < -0.3 is 10.1 Å². The average Bonchev–Trinajstić information content (AvgIpc) is 2.69. The molecule has 0 bridgehead atoms. The first-order valence-electron chi connectivity index (χ1n) is 8.55. The number of nitrogens with zero attached hydrogens (tertiary/aromatic N) is 2. The maximum Gasteiger partial charge on any atom is 0.416 e. The number of amides is 1. The topological polar surface area (TPSA) is 73.2 Å². The molecule has 1 amide bonds. The lowest BCUT2D eigenvalue weighted by atomic mass is 10.1. The fourth-order valence-electron chi connectivity index (χ4n) is 2.69. The number of halogens is 4. The molecule has 0 saturated carbocycles. The van der Waals surface area contributed by atoms with Crippen LogP contribution in [0.2, 0.25) is 0 Å². The molecule has 0 radical (unpaired) electrons. The lowest BCUT2D eigenvalue weighted by Crippen LogP contribution is -2.27. The standard InChI is InChI=1S/C20H15F4N3O3/c1-30-17-7-6-12(20(22,23)24)8-16(17)26-18(28)10-27-11-25-15(9-19(27)29)13-4-2-3-5-14(13)21/h2-9,11H,10H2,1H3,(H,26,28). The molecular weight excluding hydrogens is 406 g/mol. The number of ether oxygens (including phenoxy) is 1. The highest BCUT2D eigenvalue weighted by atomic mass is 19.4. The third-order valence-corrected chi connectivity index (χ3v) is 4.14. The molecule has 0 saturated heterocycles. The van der Waals surface area contributed by atoms with Crippen molar-refractivity contribution in [1.29, 1.82) is 0 Å². The van der Waals surface area contributed by atoms with Gasteiger partial charge in [-0.1, -0.05) is 12.1 Å². The van der Waals surface area contributed by atoms with Gasteiger partial charge in [0.15, 0.2) is 0 Å². The van der Waals surface area contributed by atoms with Gasteiger partial charge in [-0.3, -0.25) is 14.2 Å². The van der Waals surface area contributed by atoms with E-state index in [1.807, 2.05) is 0 Å². The Kier molecular flexibility index (Phi) is 5.86. The molecule has 2 aromatic carbocycles. The summed E-state index contributed by atoms with van der Waals surface area (Å²) in [6.45, 7) is -0.511. The predicted octanol–water partition coefficient (Wildman–Crippen LogP) is 3.72. The molecular formula is C20H15F4N3O3. The minimum atomic E-state index is -4.60. The number of aromatic nitrogens is 2. The van der Waals surface area contributed by atoms with Crippen LogP contribution in [0.1, 0.15) is 5.56 Å². The van der Waals surface area contributed by atoms with E-state index in [1.165, 1.54) is 25.3 Å². The summed E-state index contributed by atoms with van der Waals surface area (Å²) < 4.78 is 58.5. The minimum absolute atomic E-state index is 0.0247. The van der Waals surface area contributed by atoms with Crippen molar-refractivity contribution in [2.24, 2.45) is 0 Å². The van der Waals surface area contributed by atoms with Gasteiger partial charge in [0.25, 0.3) is 5.56 Å². The van der Waals surface area contributed by atoms with Crippen LogP contribution in [0.3, 0.4) is 0 Å². The summed E-state index contributed by atoms with van der Waals surface area (Å²) in [7, 11) is 1.24. The first-order chi connectivity index (χ1) is 14.2. The third-order valence-electron chi connectivity index (χ3n) is 4.14. The Hall–Kier alpha value is -3.69. The Morgan fingerprint density at radius 2 is 1.90 bits per heavy atom. The lowest BCUT2D eigenvalue weighted by Gasteiger charge is -2.14. The number of anilines is 1. The van der Waals surface area contributed by atoms with E-state index in [2.05, 4.69) is 10.3 Å². The van der Waals surface area contributed by atoms with Crippen LogP contribution in [0, 0.1) is 5.82 Å². The van der Waals surface area contributed by atoms with E-state index in [4.69, 9.17) is 4.74 Å². The van der Waals surface area contributed by atoms with Gasteiger partial charge in [0.1, 0.15) is 18.1 Å². The van der Waals surface area contributed by atoms with Gasteiger partial charge in [0.2, 0.25) is 5.91 Å². The molecule has 0 aliphatic rings. The molecule has 0 spiro atoms. The van der Waals surface area contributed by atoms with Crippen molar-refractivity contribution < 1.29 is 27.1 Å². The van der Waals surface area contributed by atoms with Crippen molar-refractivity contribution in [2.45, 2.75) is 12.7 Å². The number of carbonyl (C=O) groups is 1. The molecule has 1 N–H and O–H groups in total. The van der Waals surface area contributed by atoms with Crippen molar-refractivity contribution in [3.63, 3.8) is 0 Å². The number of carbonyl (C=O) groups excluding carboxylic acids is 1. The molecule has 0 aliphatic carbocycles. The monoisotopic (exact) mass is 421 g/mol. The van der Waals surface area contributed by atoms with E-state index in [9.17, 15) is 27.2 Å². The highest BCUT2D eigenvalue weighted by Crippen LogP contribution is 2.34. The second kappa shape index (κ2) is 8.36. The normalized spacial score (nSPS) is 11.2. The number of methoxy groups -OCH3 is 1. The summed E-state index contributed by atoms with van der Waals surface area (Å²) in [6.07, 6.45) is -3.54. The number of benzene rings is 2. The second-order valence-electron chi connectivity index (χ2n) is 6.18. The van der Waals surface area contributed by atoms with Crippen LogP contribution in [0.15, 0.2) is 59.7 Å². The van der Waals surface area contributed by atoms with Gasteiger partial charge in [0, 0.05) is 11.6 Å². The zero-order valence-corrected chi connectivity index (χ0v) is 15.5. The van der Waals surface area contributed by atoms with E-state index in [0.29, 0.717) is 0 Å². The molecule has 1 heterocycles. The van der Waals surface area contributed by atoms with Gasteiger partial charge in [0.05, 0.1) is 30.4 Å². The van der Waals surface area contributed by atoms with Crippen molar-refractivity contribution in [2.75, 3.05) is 12.4 Å². The van der Waals surface area contributed by atoms with E-state index in [-0.39, 0.29) is 22.7 Å². The fourth-order valence-corrected chi connectivity index (χ4v) is 2.69. The summed E-state index contributed by atoms with van der Waals surface area (Å²) in [4.78, 5) is 28.5. The molecule has 6 nitrogen and oxygen atoms in total. The average molecular weight is 421 g/mol. The summed E-state index contributed by atoms with van der Waals surface area (Å²) >= 11 is 0. The lowest BCUT2D eigenvalue weighted by molar-refractivity contribution is -0.137. The summed E-state index contributed by atoms with van der Waals surface area (Å²) in [5.41, 5.74) is -1.57.